The predicted octanol–water partition coefficient (Wildman–Crippen LogP) is 1.95. The average molecular weight is 358 g/mol. The molecule has 2 fully saturated rings. The van der Waals surface area contributed by atoms with E-state index < -0.39 is 0 Å². The first-order chi connectivity index (χ1) is 12.7. The minimum Gasteiger partial charge on any atom is -0.353 e. The van der Waals surface area contributed by atoms with E-state index in [1.54, 1.807) is 0 Å². The van der Waals surface area contributed by atoms with Crippen molar-refractivity contribution in [1.29, 1.82) is 0 Å². The van der Waals surface area contributed by atoms with Crippen LogP contribution < -0.4 is 5.32 Å². The van der Waals surface area contributed by atoms with Crippen molar-refractivity contribution in [2.24, 2.45) is 0 Å². The van der Waals surface area contributed by atoms with Gasteiger partial charge in [-0.3, -0.25) is 19.5 Å². The van der Waals surface area contributed by atoms with E-state index in [1.807, 2.05) is 29.4 Å². The Balaban J connectivity index is 1.38. The third-order valence-corrected chi connectivity index (χ3v) is 5.38. The van der Waals surface area contributed by atoms with Crippen LogP contribution in [-0.4, -0.2) is 58.8 Å². The summed E-state index contributed by atoms with van der Waals surface area (Å²) in [5, 5.41) is 3.06. The summed E-state index contributed by atoms with van der Waals surface area (Å²) in [5.74, 6) is 0.136. The number of carbonyl (C=O) groups is 2. The maximum Gasteiger partial charge on any atom is 0.223 e. The number of hydrogen-bond donors (Lipinski definition) is 1. The van der Waals surface area contributed by atoms with Gasteiger partial charge in [0.2, 0.25) is 11.8 Å². The monoisotopic (exact) mass is 358 g/mol. The standard InChI is InChI=1S/C20H30N4O2/c25-19(22-18-4-1-2-5-18)6-7-20(26)24-13-3-12-23(14-15-24)16-17-8-10-21-11-9-17/h8-11,18H,1-7,12-16H2,(H,22,25). The fourth-order valence-corrected chi connectivity index (χ4v) is 3.87. The van der Waals surface area contributed by atoms with Gasteiger partial charge in [-0.25, -0.2) is 0 Å². The third-order valence-electron chi connectivity index (χ3n) is 5.38. The first kappa shape index (κ1) is 18.8. The Bertz CT molecular complexity index is 587. The summed E-state index contributed by atoms with van der Waals surface area (Å²) in [4.78, 5) is 32.9. The molecule has 2 aliphatic rings. The molecular formula is C20H30N4O2. The zero-order valence-electron chi connectivity index (χ0n) is 15.5. The Labute approximate surface area is 156 Å². The lowest BCUT2D eigenvalue weighted by molar-refractivity contribution is -0.133. The van der Waals surface area contributed by atoms with Crippen LogP contribution >= 0.6 is 0 Å². The highest BCUT2D eigenvalue weighted by atomic mass is 16.2. The summed E-state index contributed by atoms with van der Waals surface area (Å²) in [6.07, 6.45) is 9.82. The van der Waals surface area contributed by atoms with E-state index >= 15 is 0 Å². The molecule has 0 spiro atoms. The van der Waals surface area contributed by atoms with Crippen molar-refractivity contribution in [3.63, 3.8) is 0 Å². The van der Waals surface area contributed by atoms with E-state index in [-0.39, 0.29) is 11.8 Å². The van der Waals surface area contributed by atoms with Crippen LogP contribution in [0.5, 0.6) is 0 Å². The van der Waals surface area contributed by atoms with E-state index in [2.05, 4.69) is 15.2 Å². The third kappa shape index (κ3) is 5.80. The van der Waals surface area contributed by atoms with Gasteiger partial charge in [0.05, 0.1) is 0 Å². The lowest BCUT2D eigenvalue weighted by Gasteiger charge is -2.22. The number of aromatic nitrogens is 1. The number of nitrogens with one attached hydrogen (secondary N) is 1. The molecule has 6 nitrogen and oxygen atoms in total. The maximum absolute atomic E-state index is 12.5. The Morgan fingerprint density at radius 1 is 1.00 bits per heavy atom. The first-order valence-electron chi connectivity index (χ1n) is 9.89. The maximum atomic E-state index is 12.5. The minimum absolute atomic E-state index is 0.0272. The van der Waals surface area contributed by atoms with Crippen LogP contribution in [-0.2, 0) is 16.1 Å². The zero-order valence-corrected chi connectivity index (χ0v) is 15.5. The molecule has 2 heterocycles. The van der Waals surface area contributed by atoms with Crippen LogP contribution in [0.3, 0.4) is 0 Å². The number of carbonyl (C=O) groups excluding carboxylic acids is 2. The molecule has 1 aliphatic carbocycles. The number of nitrogens with zero attached hydrogens (tertiary/aromatic N) is 3. The van der Waals surface area contributed by atoms with Crippen molar-refractivity contribution < 1.29 is 9.59 Å². The average Bonchev–Trinajstić information content (AvgIpc) is 3.05. The Hall–Kier alpha value is -1.95. The molecule has 3 rings (SSSR count). The lowest BCUT2D eigenvalue weighted by atomic mass is 10.2. The summed E-state index contributed by atoms with van der Waals surface area (Å²) in [6, 6.07) is 4.41. The molecule has 1 saturated carbocycles. The van der Waals surface area contributed by atoms with Crippen molar-refractivity contribution >= 4 is 11.8 Å². The van der Waals surface area contributed by atoms with E-state index in [0.717, 1.165) is 52.0 Å². The molecule has 6 heteroatoms. The van der Waals surface area contributed by atoms with Crippen LogP contribution in [0.15, 0.2) is 24.5 Å². The Morgan fingerprint density at radius 2 is 1.77 bits per heavy atom. The molecular weight excluding hydrogens is 328 g/mol. The van der Waals surface area contributed by atoms with Crippen molar-refractivity contribution in [3.05, 3.63) is 30.1 Å². The van der Waals surface area contributed by atoms with Crippen LogP contribution in [0.2, 0.25) is 0 Å². The van der Waals surface area contributed by atoms with E-state index in [1.165, 1.54) is 18.4 Å². The quantitative estimate of drug-likeness (QED) is 0.844. The number of rotatable bonds is 6. The highest BCUT2D eigenvalue weighted by molar-refractivity contribution is 5.83. The first-order valence-corrected chi connectivity index (χ1v) is 9.89. The summed E-state index contributed by atoms with van der Waals surface area (Å²) < 4.78 is 0. The van der Waals surface area contributed by atoms with E-state index in [4.69, 9.17) is 0 Å². The number of pyridine rings is 1. The molecule has 1 aliphatic heterocycles. The summed E-state index contributed by atoms with van der Waals surface area (Å²) in [5.41, 5.74) is 1.25. The minimum atomic E-state index is 0.0272. The Kier molecular flexibility index (Phi) is 7.00. The summed E-state index contributed by atoms with van der Waals surface area (Å²) in [7, 11) is 0. The molecule has 0 bridgehead atoms. The van der Waals surface area contributed by atoms with Crippen LogP contribution in [0, 0.1) is 0 Å². The molecule has 142 valence electrons. The van der Waals surface area contributed by atoms with E-state index in [0.29, 0.717) is 18.9 Å². The molecule has 1 aromatic rings. The van der Waals surface area contributed by atoms with Crippen molar-refractivity contribution in [1.82, 2.24) is 20.1 Å². The molecule has 0 unspecified atom stereocenters. The fraction of sp³-hybridized carbons (Fsp3) is 0.650. The molecule has 0 atom stereocenters. The highest BCUT2D eigenvalue weighted by Crippen LogP contribution is 2.17. The molecule has 2 amide bonds. The van der Waals surface area contributed by atoms with Gasteiger partial charge in [0.15, 0.2) is 0 Å². The van der Waals surface area contributed by atoms with Gasteiger partial charge in [-0.05, 0) is 37.0 Å². The Morgan fingerprint density at radius 3 is 2.54 bits per heavy atom. The van der Waals surface area contributed by atoms with Gasteiger partial charge in [-0.2, -0.15) is 0 Å². The second-order valence-corrected chi connectivity index (χ2v) is 7.41. The molecule has 0 radical (unpaired) electrons. The van der Waals surface area contributed by atoms with Gasteiger partial charge in [-0.1, -0.05) is 12.8 Å². The summed E-state index contributed by atoms with van der Waals surface area (Å²) >= 11 is 0. The van der Waals surface area contributed by atoms with Crippen molar-refractivity contribution in [3.8, 4) is 0 Å². The predicted molar refractivity (Wildman–Crippen MR) is 100 cm³/mol. The van der Waals surface area contributed by atoms with Gasteiger partial charge in [0, 0.05) is 64.0 Å². The van der Waals surface area contributed by atoms with Crippen LogP contribution in [0.1, 0.15) is 50.5 Å². The van der Waals surface area contributed by atoms with Crippen molar-refractivity contribution in [2.45, 2.75) is 57.5 Å². The molecule has 1 aromatic heterocycles. The van der Waals surface area contributed by atoms with Gasteiger partial charge in [-0.15, -0.1) is 0 Å². The zero-order chi connectivity index (χ0) is 18.2. The molecule has 26 heavy (non-hydrogen) atoms. The topological polar surface area (TPSA) is 65.5 Å². The summed E-state index contributed by atoms with van der Waals surface area (Å²) in [6.45, 7) is 4.30. The van der Waals surface area contributed by atoms with E-state index in [9.17, 15) is 9.59 Å². The number of hydrogen-bond acceptors (Lipinski definition) is 4. The SMILES string of the molecule is O=C(CCC(=O)N1CCCN(Cc2ccncc2)CC1)NC1CCCC1. The van der Waals surface area contributed by atoms with Gasteiger partial charge in [0.25, 0.3) is 0 Å². The second kappa shape index (κ2) is 9.67. The van der Waals surface area contributed by atoms with Crippen molar-refractivity contribution in [2.75, 3.05) is 26.2 Å². The smallest absolute Gasteiger partial charge is 0.223 e. The highest BCUT2D eigenvalue weighted by Gasteiger charge is 2.21. The van der Waals surface area contributed by atoms with Crippen LogP contribution in [0.25, 0.3) is 0 Å². The van der Waals surface area contributed by atoms with Gasteiger partial charge >= 0.3 is 0 Å². The fourth-order valence-electron chi connectivity index (χ4n) is 3.87. The van der Waals surface area contributed by atoms with Gasteiger partial charge < -0.3 is 10.2 Å². The largest absolute Gasteiger partial charge is 0.353 e. The molecule has 0 aromatic carbocycles. The molecule has 1 saturated heterocycles. The normalized spacial score (nSPS) is 19.3. The lowest BCUT2D eigenvalue weighted by Crippen LogP contribution is -2.37. The van der Waals surface area contributed by atoms with Gasteiger partial charge in [0.1, 0.15) is 0 Å². The van der Waals surface area contributed by atoms with Crippen LogP contribution in [0.4, 0.5) is 0 Å². The second-order valence-electron chi connectivity index (χ2n) is 7.41. The number of amides is 2. The molecule has 1 N–H and O–H groups in total.